The van der Waals surface area contributed by atoms with E-state index in [0.717, 1.165) is 4.90 Å². The van der Waals surface area contributed by atoms with Crippen LogP contribution in [0.5, 0.6) is 5.75 Å². The monoisotopic (exact) mass is 516 g/mol. The molecule has 3 aliphatic rings. The topological polar surface area (TPSA) is 102 Å². The number of alkyl halides is 2. The van der Waals surface area contributed by atoms with Crippen LogP contribution in [0, 0.1) is 23.7 Å². The molecule has 2 aliphatic carbocycles. The van der Waals surface area contributed by atoms with Crippen molar-refractivity contribution in [2.75, 3.05) is 23.9 Å². The summed E-state index contributed by atoms with van der Waals surface area (Å²) in [6.45, 7) is -0.502. The predicted octanol–water partition coefficient (Wildman–Crippen LogP) is 3.46. The van der Waals surface area contributed by atoms with Crippen molar-refractivity contribution in [1.29, 1.82) is 0 Å². The number of amides is 3. The second kappa shape index (κ2) is 9.17. The number of anilines is 2. The standard InChI is InChI=1S/C25H22Cl2N2O6/c1-34-15-7-5-13(6-8-15)28-18(30)11-35-25(33)12-3-2-4-14(9-12)29-23(31)19-16-10-17(20(19)24(29)32)22(27)21(16)26/h2-9,16-17,19-22H,10-11H2,1H3,(H,28,30)/t16-,17-,19-,20+,21+,22+/m1/s1. The summed E-state index contributed by atoms with van der Waals surface area (Å²) in [4.78, 5) is 52.2. The smallest absolute Gasteiger partial charge is 0.338 e. The molecular formula is C25H22Cl2N2O6. The first-order valence-electron chi connectivity index (χ1n) is 11.2. The van der Waals surface area contributed by atoms with Crippen LogP contribution in [-0.2, 0) is 19.1 Å². The second-order valence-electron chi connectivity index (χ2n) is 8.92. The molecule has 8 nitrogen and oxygen atoms in total. The number of nitrogens with one attached hydrogen (secondary N) is 1. The number of halogens is 2. The third-order valence-corrected chi connectivity index (χ3v) is 8.35. The average molecular weight is 517 g/mol. The van der Waals surface area contributed by atoms with Crippen LogP contribution in [0.3, 0.4) is 0 Å². The van der Waals surface area contributed by atoms with Gasteiger partial charge in [0, 0.05) is 5.69 Å². The number of hydrogen-bond donors (Lipinski definition) is 1. The Balaban J connectivity index is 1.24. The largest absolute Gasteiger partial charge is 0.497 e. The zero-order valence-corrected chi connectivity index (χ0v) is 20.2. The maximum atomic E-state index is 13.2. The zero-order valence-electron chi connectivity index (χ0n) is 18.6. The molecule has 2 bridgehead atoms. The maximum absolute atomic E-state index is 13.2. The fraction of sp³-hybridized carbons (Fsp3) is 0.360. The van der Waals surface area contributed by atoms with Gasteiger partial charge in [-0.25, -0.2) is 4.79 Å². The fourth-order valence-electron chi connectivity index (χ4n) is 5.46. The highest BCUT2D eigenvalue weighted by Gasteiger charge is 2.66. The van der Waals surface area contributed by atoms with E-state index in [1.54, 1.807) is 36.4 Å². The van der Waals surface area contributed by atoms with Crippen LogP contribution in [0.1, 0.15) is 16.8 Å². The molecule has 10 heteroatoms. The molecule has 1 heterocycles. The van der Waals surface area contributed by atoms with Crippen LogP contribution in [0.25, 0.3) is 0 Å². The molecule has 35 heavy (non-hydrogen) atoms. The van der Waals surface area contributed by atoms with Crippen LogP contribution in [0.2, 0.25) is 0 Å². The summed E-state index contributed by atoms with van der Waals surface area (Å²) in [6, 6.07) is 12.7. The van der Waals surface area contributed by atoms with Crippen LogP contribution in [0.15, 0.2) is 48.5 Å². The molecular weight excluding hydrogens is 495 g/mol. The number of hydrogen-bond acceptors (Lipinski definition) is 6. The Morgan fingerprint density at radius 1 is 1.00 bits per heavy atom. The Kier molecular flexibility index (Phi) is 6.19. The number of carbonyl (C=O) groups is 4. The number of fused-ring (bicyclic) bond motifs is 5. The van der Waals surface area contributed by atoms with E-state index in [2.05, 4.69) is 5.32 Å². The van der Waals surface area contributed by atoms with Gasteiger partial charge in [0.1, 0.15) is 5.75 Å². The molecule has 3 fully saturated rings. The minimum Gasteiger partial charge on any atom is -0.497 e. The molecule has 0 radical (unpaired) electrons. The first-order chi connectivity index (χ1) is 16.8. The van der Waals surface area contributed by atoms with Gasteiger partial charge in [0.05, 0.1) is 41.0 Å². The molecule has 0 unspecified atom stereocenters. The van der Waals surface area contributed by atoms with E-state index in [4.69, 9.17) is 32.7 Å². The Labute approximate surface area is 211 Å². The van der Waals surface area contributed by atoms with Crippen molar-refractivity contribution in [3.63, 3.8) is 0 Å². The number of imide groups is 1. The Morgan fingerprint density at radius 3 is 2.23 bits per heavy atom. The van der Waals surface area contributed by atoms with E-state index >= 15 is 0 Å². The summed E-state index contributed by atoms with van der Waals surface area (Å²) in [5.74, 6) is -2.48. The normalized spacial score (nSPS) is 28.7. The van der Waals surface area contributed by atoms with Gasteiger partial charge in [-0.1, -0.05) is 6.07 Å². The van der Waals surface area contributed by atoms with Gasteiger partial charge >= 0.3 is 5.97 Å². The summed E-state index contributed by atoms with van der Waals surface area (Å²) < 4.78 is 10.2. The summed E-state index contributed by atoms with van der Waals surface area (Å²) in [7, 11) is 1.54. The van der Waals surface area contributed by atoms with Crippen LogP contribution in [0.4, 0.5) is 11.4 Å². The lowest BCUT2D eigenvalue weighted by Crippen LogP contribution is -2.37. The lowest BCUT2D eigenvalue weighted by atomic mass is 9.80. The Bertz CT molecular complexity index is 1170. The van der Waals surface area contributed by atoms with Crippen molar-refractivity contribution in [3.8, 4) is 5.75 Å². The quantitative estimate of drug-likeness (QED) is 0.358. The molecule has 3 amide bonds. The van der Waals surface area contributed by atoms with E-state index in [0.29, 0.717) is 17.9 Å². The number of benzene rings is 2. The van der Waals surface area contributed by atoms with Gasteiger partial charge in [0.15, 0.2) is 6.61 Å². The molecule has 182 valence electrons. The number of methoxy groups -OCH3 is 1. The summed E-state index contributed by atoms with van der Waals surface area (Å²) in [5.41, 5.74) is 0.923. The summed E-state index contributed by atoms with van der Waals surface area (Å²) in [5, 5.41) is 1.94. The third kappa shape index (κ3) is 4.04. The first-order valence-corrected chi connectivity index (χ1v) is 12.0. The van der Waals surface area contributed by atoms with Gasteiger partial charge < -0.3 is 14.8 Å². The van der Waals surface area contributed by atoms with Crippen LogP contribution < -0.4 is 15.0 Å². The molecule has 2 aromatic carbocycles. The lowest BCUT2D eigenvalue weighted by molar-refractivity contribution is -0.123. The van der Waals surface area contributed by atoms with E-state index in [9.17, 15) is 19.2 Å². The predicted molar refractivity (Wildman–Crippen MR) is 129 cm³/mol. The second-order valence-corrected chi connectivity index (χ2v) is 9.93. The van der Waals surface area contributed by atoms with Crippen molar-refractivity contribution in [3.05, 3.63) is 54.1 Å². The Hall–Kier alpha value is -3.10. The first kappa shape index (κ1) is 23.6. The molecule has 1 N–H and O–H groups in total. The lowest BCUT2D eigenvalue weighted by Gasteiger charge is -2.28. The minimum absolute atomic E-state index is 0.116. The van der Waals surface area contributed by atoms with E-state index < -0.39 is 30.3 Å². The molecule has 5 rings (SSSR count). The summed E-state index contributed by atoms with van der Waals surface area (Å²) >= 11 is 12.8. The van der Waals surface area contributed by atoms with Crippen molar-refractivity contribution in [1.82, 2.24) is 0 Å². The highest BCUT2D eigenvalue weighted by atomic mass is 35.5. The van der Waals surface area contributed by atoms with Gasteiger partial charge in [-0.2, -0.15) is 0 Å². The fourth-order valence-corrected chi connectivity index (χ4v) is 6.35. The maximum Gasteiger partial charge on any atom is 0.338 e. The van der Waals surface area contributed by atoms with Crippen molar-refractivity contribution in [2.24, 2.45) is 23.7 Å². The summed E-state index contributed by atoms with van der Waals surface area (Å²) in [6.07, 6.45) is 0.675. The van der Waals surface area contributed by atoms with Crippen molar-refractivity contribution < 1.29 is 28.7 Å². The number of rotatable bonds is 6. The van der Waals surface area contributed by atoms with Crippen LogP contribution >= 0.6 is 23.2 Å². The SMILES string of the molecule is COc1ccc(NC(=O)COC(=O)c2cccc(N3C(=O)[C@@H]4[C@H]5C[C@@H]([C@H](Cl)[C@H]5Cl)[C@@H]4C3=O)c2)cc1. The number of ether oxygens (including phenoxy) is 2. The minimum atomic E-state index is -0.752. The van der Waals surface area contributed by atoms with Gasteiger partial charge in [-0.15, -0.1) is 23.2 Å². The number of nitrogens with zero attached hydrogens (tertiary/aromatic N) is 1. The van der Waals surface area contributed by atoms with Crippen LogP contribution in [-0.4, -0.2) is 48.2 Å². The molecule has 0 aromatic heterocycles. The van der Waals surface area contributed by atoms with Gasteiger partial charge in [-0.05, 0) is 60.7 Å². The number of esters is 1. The third-order valence-electron chi connectivity index (χ3n) is 7.04. The molecule has 1 aliphatic heterocycles. The van der Waals surface area contributed by atoms with Gasteiger partial charge in [0.2, 0.25) is 11.8 Å². The molecule has 0 spiro atoms. The van der Waals surface area contributed by atoms with Gasteiger partial charge in [-0.3, -0.25) is 19.3 Å². The number of carbonyl (C=O) groups excluding carboxylic acids is 4. The van der Waals surface area contributed by atoms with Crippen molar-refractivity contribution >= 4 is 58.3 Å². The van der Waals surface area contributed by atoms with E-state index in [-0.39, 0.29) is 45.7 Å². The van der Waals surface area contributed by atoms with Crippen molar-refractivity contribution in [2.45, 2.75) is 17.2 Å². The van der Waals surface area contributed by atoms with E-state index in [1.165, 1.54) is 19.2 Å². The molecule has 1 saturated heterocycles. The highest BCUT2D eigenvalue weighted by Crippen LogP contribution is 2.59. The average Bonchev–Trinajstić information content (AvgIpc) is 3.47. The Morgan fingerprint density at radius 2 is 1.63 bits per heavy atom. The van der Waals surface area contributed by atoms with Gasteiger partial charge in [0.25, 0.3) is 5.91 Å². The zero-order chi connectivity index (χ0) is 24.9. The molecule has 6 atom stereocenters. The highest BCUT2D eigenvalue weighted by molar-refractivity contribution is 6.32. The van der Waals surface area contributed by atoms with E-state index in [1.807, 2.05) is 0 Å². The molecule has 2 saturated carbocycles. The molecule has 2 aromatic rings.